The van der Waals surface area contributed by atoms with Crippen molar-refractivity contribution in [3.63, 3.8) is 0 Å². The van der Waals surface area contributed by atoms with Gasteiger partial charge >= 0.3 is 0 Å². The van der Waals surface area contributed by atoms with Crippen LogP contribution in [0.4, 0.5) is 0 Å². The Morgan fingerprint density at radius 2 is 1.73 bits per heavy atom. The van der Waals surface area contributed by atoms with Crippen LogP contribution in [0.25, 0.3) is 0 Å². The molecule has 0 saturated carbocycles. The number of hydrogen-bond donors (Lipinski definition) is 1. The van der Waals surface area contributed by atoms with Crippen molar-refractivity contribution in [2.75, 3.05) is 26.7 Å². The zero-order valence-electron chi connectivity index (χ0n) is 15.2. The van der Waals surface area contributed by atoms with E-state index in [1.165, 1.54) is 6.42 Å². The fourth-order valence-corrected chi connectivity index (χ4v) is 3.29. The molecular weight excluding hydrogens is 348 g/mol. The first-order valence-electron chi connectivity index (χ1n) is 9.03. The van der Waals surface area contributed by atoms with Crippen LogP contribution in [0, 0.1) is 5.92 Å². The summed E-state index contributed by atoms with van der Waals surface area (Å²) in [4.78, 5) is 14.9. The van der Waals surface area contributed by atoms with Crippen molar-refractivity contribution in [1.82, 2.24) is 10.2 Å². The van der Waals surface area contributed by atoms with Gasteiger partial charge in [-0.25, -0.2) is 0 Å². The fraction of sp³-hybridized carbons (Fsp3) is 0.381. The second-order valence-electron chi connectivity index (χ2n) is 6.54. The fourth-order valence-electron chi connectivity index (χ4n) is 3.29. The van der Waals surface area contributed by atoms with Crippen LogP contribution in [0.5, 0.6) is 11.5 Å². The van der Waals surface area contributed by atoms with Gasteiger partial charge in [-0.1, -0.05) is 30.3 Å². The van der Waals surface area contributed by atoms with Crippen LogP contribution in [0.15, 0.2) is 54.6 Å². The average Bonchev–Trinajstić information content (AvgIpc) is 2.67. The summed E-state index contributed by atoms with van der Waals surface area (Å²) in [6.45, 7) is 2.70. The van der Waals surface area contributed by atoms with Crippen LogP contribution < -0.4 is 10.1 Å². The van der Waals surface area contributed by atoms with Crippen LogP contribution in [0.3, 0.4) is 0 Å². The van der Waals surface area contributed by atoms with E-state index in [0.29, 0.717) is 17.2 Å². The third-order valence-electron chi connectivity index (χ3n) is 4.79. The number of rotatable bonds is 6. The number of benzene rings is 2. The van der Waals surface area contributed by atoms with Gasteiger partial charge in [0.1, 0.15) is 11.5 Å². The van der Waals surface area contributed by atoms with Gasteiger partial charge in [0.15, 0.2) is 0 Å². The van der Waals surface area contributed by atoms with Gasteiger partial charge in [-0.2, -0.15) is 0 Å². The highest BCUT2D eigenvalue weighted by atomic mass is 35.5. The Balaban J connectivity index is 0.00000243. The van der Waals surface area contributed by atoms with Crippen molar-refractivity contribution >= 4 is 18.3 Å². The lowest BCUT2D eigenvalue weighted by Crippen LogP contribution is -2.39. The Bertz CT molecular complexity index is 685. The number of nitrogens with zero attached hydrogens (tertiary/aromatic N) is 1. The molecule has 1 aliphatic heterocycles. The molecule has 1 fully saturated rings. The molecule has 0 atom stereocenters. The van der Waals surface area contributed by atoms with Gasteiger partial charge in [-0.05, 0) is 63.0 Å². The maximum atomic E-state index is 13.0. The van der Waals surface area contributed by atoms with Crippen LogP contribution >= 0.6 is 12.4 Å². The van der Waals surface area contributed by atoms with Gasteiger partial charge in [0.2, 0.25) is 0 Å². The van der Waals surface area contributed by atoms with Crippen molar-refractivity contribution in [3.05, 3.63) is 60.2 Å². The Morgan fingerprint density at radius 3 is 2.42 bits per heavy atom. The molecule has 2 aromatic carbocycles. The molecule has 2 aromatic rings. The number of halogens is 1. The molecular formula is C21H27ClN2O2. The molecule has 1 amide bonds. The first kappa shape index (κ1) is 20.3. The standard InChI is InChI=1S/C21H26N2O2.ClH/c1-22-14-11-17-12-15-23(16-13-17)21(24)19-9-5-6-10-20(19)25-18-7-3-2-4-8-18;/h2-10,17,22H,11-16H2,1H3;1H. The molecule has 0 aliphatic carbocycles. The van der Waals surface area contributed by atoms with Crippen molar-refractivity contribution in [2.24, 2.45) is 5.92 Å². The lowest BCUT2D eigenvalue weighted by Gasteiger charge is -2.32. The van der Waals surface area contributed by atoms with E-state index in [9.17, 15) is 4.79 Å². The summed E-state index contributed by atoms with van der Waals surface area (Å²) in [6, 6.07) is 17.1. The Labute approximate surface area is 162 Å². The molecule has 5 heteroatoms. The lowest BCUT2D eigenvalue weighted by molar-refractivity contribution is 0.0684. The molecule has 4 nitrogen and oxygen atoms in total. The zero-order valence-corrected chi connectivity index (χ0v) is 16.0. The normalized spacial score (nSPS) is 14.6. The summed E-state index contributed by atoms with van der Waals surface area (Å²) in [5.41, 5.74) is 0.639. The molecule has 0 radical (unpaired) electrons. The minimum absolute atomic E-state index is 0. The minimum Gasteiger partial charge on any atom is -0.457 e. The largest absolute Gasteiger partial charge is 0.457 e. The number of amides is 1. The third kappa shape index (κ3) is 5.23. The van der Waals surface area contributed by atoms with Gasteiger partial charge < -0.3 is 15.0 Å². The molecule has 1 heterocycles. The number of hydrogen-bond acceptors (Lipinski definition) is 3. The number of likely N-dealkylation sites (tertiary alicyclic amines) is 1. The van der Waals surface area contributed by atoms with Crippen molar-refractivity contribution in [2.45, 2.75) is 19.3 Å². The van der Waals surface area contributed by atoms with Crippen molar-refractivity contribution in [1.29, 1.82) is 0 Å². The van der Waals surface area contributed by atoms with E-state index in [1.807, 2.05) is 66.5 Å². The van der Waals surface area contributed by atoms with E-state index in [0.717, 1.165) is 38.2 Å². The first-order valence-corrected chi connectivity index (χ1v) is 9.03. The van der Waals surface area contributed by atoms with E-state index in [-0.39, 0.29) is 18.3 Å². The first-order chi connectivity index (χ1) is 12.3. The van der Waals surface area contributed by atoms with Gasteiger partial charge in [-0.3, -0.25) is 4.79 Å². The molecule has 1 N–H and O–H groups in total. The van der Waals surface area contributed by atoms with E-state index in [2.05, 4.69) is 5.32 Å². The molecule has 0 aromatic heterocycles. The average molecular weight is 375 g/mol. The number of ether oxygens (including phenoxy) is 1. The number of carbonyl (C=O) groups is 1. The summed E-state index contributed by atoms with van der Waals surface area (Å²) < 4.78 is 5.94. The van der Waals surface area contributed by atoms with Crippen LogP contribution in [-0.2, 0) is 0 Å². The zero-order chi connectivity index (χ0) is 17.5. The summed E-state index contributed by atoms with van der Waals surface area (Å²) in [5, 5.41) is 3.21. The molecule has 0 spiro atoms. The molecule has 1 saturated heterocycles. The van der Waals surface area contributed by atoms with Crippen LogP contribution in [0.1, 0.15) is 29.6 Å². The minimum atomic E-state index is 0. The number of carbonyl (C=O) groups excluding carboxylic acids is 1. The predicted molar refractivity (Wildman–Crippen MR) is 107 cm³/mol. The molecule has 0 unspecified atom stereocenters. The number of nitrogens with one attached hydrogen (secondary N) is 1. The Morgan fingerprint density at radius 1 is 1.08 bits per heavy atom. The predicted octanol–water partition coefficient (Wildman–Crippen LogP) is 4.36. The van der Waals surface area contributed by atoms with E-state index >= 15 is 0 Å². The van der Waals surface area contributed by atoms with E-state index < -0.39 is 0 Å². The van der Waals surface area contributed by atoms with Crippen LogP contribution in [-0.4, -0.2) is 37.5 Å². The maximum Gasteiger partial charge on any atom is 0.257 e. The Hall–Kier alpha value is -2.04. The highest BCUT2D eigenvalue weighted by Crippen LogP contribution is 2.28. The molecule has 140 valence electrons. The lowest BCUT2D eigenvalue weighted by atomic mass is 9.93. The van der Waals surface area contributed by atoms with Gasteiger partial charge in [0.25, 0.3) is 5.91 Å². The quantitative estimate of drug-likeness (QED) is 0.816. The summed E-state index contributed by atoms with van der Waals surface area (Å²) in [7, 11) is 1.99. The van der Waals surface area contributed by atoms with Crippen molar-refractivity contribution in [3.8, 4) is 11.5 Å². The summed E-state index contributed by atoms with van der Waals surface area (Å²) >= 11 is 0. The third-order valence-corrected chi connectivity index (χ3v) is 4.79. The highest BCUT2D eigenvalue weighted by molar-refractivity contribution is 5.97. The Kier molecular flexibility index (Phi) is 7.95. The maximum absolute atomic E-state index is 13.0. The number of piperidine rings is 1. The SMILES string of the molecule is CNCCC1CCN(C(=O)c2ccccc2Oc2ccccc2)CC1.Cl. The second-order valence-corrected chi connectivity index (χ2v) is 6.54. The van der Waals surface area contributed by atoms with E-state index in [4.69, 9.17) is 4.74 Å². The monoisotopic (exact) mass is 374 g/mol. The van der Waals surface area contributed by atoms with Crippen LogP contribution in [0.2, 0.25) is 0 Å². The van der Waals surface area contributed by atoms with Gasteiger partial charge in [-0.15, -0.1) is 12.4 Å². The summed E-state index contributed by atoms with van der Waals surface area (Å²) in [5.74, 6) is 2.15. The molecule has 26 heavy (non-hydrogen) atoms. The van der Waals surface area contributed by atoms with Gasteiger partial charge in [0.05, 0.1) is 5.56 Å². The molecule has 0 bridgehead atoms. The smallest absolute Gasteiger partial charge is 0.257 e. The van der Waals surface area contributed by atoms with Crippen molar-refractivity contribution < 1.29 is 9.53 Å². The number of para-hydroxylation sites is 2. The second kappa shape index (κ2) is 10.2. The highest BCUT2D eigenvalue weighted by Gasteiger charge is 2.25. The summed E-state index contributed by atoms with van der Waals surface area (Å²) in [6.07, 6.45) is 3.34. The molecule has 3 rings (SSSR count). The topological polar surface area (TPSA) is 41.6 Å². The van der Waals surface area contributed by atoms with Gasteiger partial charge in [0, 0.05) is 13.1 Å². The molecule has 1 aliphatic rings. The van der Waals surface area contributed by atoms with E-state index in [1.54, 1.807) is 0 Å².